The second kappa shape index (κ2) is 9.27. The molecule has 1 aliphatic rings. The van der Waals surface area contributed by atoms with Crippen molar-refractivity contribution in [2.45, 2.75) is 38.6 Å². The van der Waals surface area contributed by atoms with Gasteiger partial charge in [-0.25, -0.2) is 0 Å². The average molecular weight is 409 g/mol. The summed E-state index contributed by atoms with van der Waals surface area (Å²) in [7, 11) is 1.43. The van der Waals surface area contributed by atoms with Gasteiger partial charge in [-0.2, -0.15) is 5.26 Å². The van der Waals surface area contributed by atoms with Crippen LogP contribution >= 0.6 is 0 Å². The fraction of sp³-hybridized carbons (Fsp3) is 0.364. The quantitative estimate of drug-likeness (QED) is 0.325. The molecule has 1 amide bonds. The van der Waals surface area contributed by atoms with Crippen LogP contribution in [0.4, 0.5) is 5.69 Å². The molecule has 2 aromatic rings. The lowest BCUT2D eigenvalue weighted by Crippen LogP contribution is -2.41. The molecule has 156 valence electrons. The minimum absolute atomic E-state index is 0.0529. The Morgan fingerprint density at radius 1 is 1.33 bits per heavy atom. The predicted molar refractivity (Wildman–Crippen MR) is 111 cm³/mol. The Morgan fingerprint density at radius 2 is 2.10 bits per heavy atom. The molecule has 1 heterocycles. The van der Waals surface area contributed by atoms with Crippen LogP contribution in [0.15, 0.2) is 40.3 Å². The Morgan fingerprint density at radius 3 is 2.77 bits per heavy atom. The van der Waals surface area contributed by atoms with Crippen LogP contribution in [-0.4, -0.2) is 24.0 Å². The summed E-state index contributed by atoms with van der Waals surface area (Å²) in [4.78, 5) is 23.4. The van der Waals surface area contributed by atoms with Gasteiger partial charge in [-0.05, 0) is 43.0 Å². The van der Waals surface area contributed by atoms with Crippen molar-refractivity contribution in [2.75, 3.05) is 7.11 Å². The van der Waals surface area contributed by atoms with Crippen molar-refractivity contribution in [1.29, 1.82) is 5.26 Å². The summed E-state index contributed by atoms with van der Waals surface area (Å²) in [6.45, 7) is 2.10. The predicted octanol–water partition coefficient (Wildman–Crippen LogP) is 4.47. The van der Waals surface area contributed by atoms with Crippen molar-refractivity contribution in [3.05, 3.63) is 51.8 Å². The first kappa shape index (κ1) is 21.1. The number of carbonyl (C=O) groups is 1. The molecule has 1 aliphatic carbocycles. The lowest BCUT2D eigenvalue weighted by Gasteiger charge is -2.29. The van der Waals surface area contributed by atoms with Gasteiger partial charge in [0, 0.05) is 12.1 Å². The lowest BCUT2D eigenvalue weighted by molar-refractivity contribution is -0.384. The van der Waals surface area contributed by atoms with E-state index in [1.807, 2.05) is 6.07 Å². The maximum atomic E-state index is 12.5. The number of nitriles is 1. The number of nitrogens with zero attached hydrogens (tertiary/aromatic N) is 2. The van der Waals surface area contributed by atoms with Crippen molar-refractivity contribution in [3.8, 4) is 23.1 Å². The number of nitro groups is 1. The van der Waals surface area contributed by atoms with Crippen molar-refractivity contribution in [2.24, 2.45) is 5.92 Å². The molecule has 0 spiro atoms. The van der Waals surface area contributed by atoms with Crippen LogP contribution < -0.4 is 10.1 Å². The molecule has 30 heavy (non-hydrogen) atoms. The molecule has 1 fully saturated rings. The molecular formula is C22H23N3O5. The second-order valence-corrected chi connectivity index (χ2v) is 7.35. The third kappa shape index (κ3) is 4.69. The number of hydrogen-bond donors (Lipinski definition) is 1. The van der Waals surface area contributed by atoms with Crippen LogP contribution in [0.25, 0.3) is 17.4 Å². The standard InChI is InChI=1S/C22H23N3O5/c1-14-5-3-4-6-19(14)24-22(26)15(13-23)11-17-8-10-21(30-17)18-9-7-16(29-2)12-20(18)25(27)28/h7-12,14,19H,3-6H2,1-2H3,(H,24,26)/b15-11+/t14-,19-/m0/s1. The van der Waals surface area contributed by atoms with Crippen LogP contribution in [0.1, 0.15) is 38.4 Å². The first-order valence-corrected chi connectivity index (χ1v) is 9.78. The van der Waals surface area contributed by atoms with Crippen LogP contribution in [-0.2, 0) is 4.79 Å². The van der Waals surface area contributed by atoms with Gasteiger partial charge in [0.15, 0.2) is 0 Å². The largest absolute Gasteiger partial charge is 0.497 e. The fourth-order valence-electron chi connectivity index (χ4n) is 3.64. The average Bonchev–Trinajstić information content (AvgIpc) is 3.21. The normalized spacial score (nSPS) is 19.0. The molecular weight excluding hydrogens is 386 g/mol. The van der Waals surface area contributed by atoms with Gasteiger partial charge < -0.3 is 14.5 Å². The Bertz CT molecular complexity index is 1020. The maximum Gasteiger partial charge on any atom is 0.284 e. The topological polar surface area (TPSA) is 118 Å². The van der Waals surface area contributed by atoms with Crippen LogP contribution in [0.5, 0.6) is 5.75 Å². The Hall–Kier alpha value is -3.60. The second-order valence-electron chi connectivity index (χ2n) is 7.35. The van der Waals surface area contributed by atoms with Crippen molar-refractivity contribution < 1.29 is 18.9 Å². The lowest BCUT2D eigenvalue weighted by atomic mass is 9.86. The van der Waals surface area contributed by atoms with Gasteiger partial charge in [-0.3, -0.25) is 14.9 Å². The number of nitrogens with one attached hydrogen (secondary N) is 1. The highest BCUT2D eigenvalue weighted by Gasteiger charge is 2.24. The third-order valence-corrected chi connectivity index (χ3v) is 5.37. The zero-order chi connectivity index (χ0) is 21.7. The van der Waals surface area contributed by atoms with Gasteiger partial charge in [-0.15, -0.1) is 0 Å². The van der Waals surface area contributed by atoms with E-state index in [9.17, 15) is 20.2 Å². The summed E-state index contributed by atoms with van der Waals surface area (Å²) in [5.74, 6) is 0.809. The Kier molecular flexibility index (Phi) is 6.52. The molecule has 8 nitrogen and oxygen atoms in total. The molecule has 0 radical (unpaired) electrons. The number of amides is 1. The number of hydrogen-bond acceptors (Lipinski definition) is 6. The zero-order valence-electron chi connectivity index (χ0n) is 16.9. The van der Waals surface area contributed by atoms with Gasteiger partial charge >= 0.3 is 0 Å². The molecule has 1 aromatic heterocycles. The molecule has 2 atom stereocenters. The highest BCUT2D eigenvalue weighted by Crippen LogP contribution is 2.34. The summed E-state index contributed by atoms with van der Waals surface area (Å²) in [6.07, 6.45) is 5.52. The van der Waals surface area contributed by atoms with E-state index < -0.39 is 10.8 Å². The fourth-order valence-corrected chi connectivity index (χ4v) is 3.64. The molecule has 1 N–H and O–H groups in total. The van der Waals surface area contributed by atoms with Gasteiger partial charge in [-0.1, -0.05) is 19.8 Å². The summed E-state index contributed by atoms with van der Waals surface area (Å²) < 4.78 is 10.7. The number of ether oxygens (including phenoxy) is 1. The van der Waals surface area contributed by atoms with Gasteiger partial charge in [0.2, 0.25) is 0 Å². The van der Waals surface area contributed by atoms with E-state index in [2.05, 4.69) is 12.2 Å². The highest BCUT2D eigenvalue weighted by atomic mass is 16.6. The first-order valence-electron chi connectivity index (χ1n) is 9.78. The summed E-state index contributed by atoms with van der Waals surface area (Å²) in [5.41, 5.74) is 0.0427. The van der Waals surface area contributed by atoms with E-state index in [0.717, 1.165) is 25.7 Å². The maximum absolute atomic E-state index is 12.5. The van der Waals surface area contributed by atoms with Crippen molar-refractivity contribution in [1.82, 2.24) is 5.32 Å². The van der Waals surface area contributed by atoms with E-state index in [1.165, 1.54) is 25.3 Å². The summed E-state index contributed by atoms with van der Waals surface area (Å²) >= 11 is 0. The zero-order valence-corrected chi connectivity index (χ0v) is 16.9. The molecule has 8 heteroatoms. The Labute approximate surface area is 174 Å². The monoisotopic (exact) mass is 409 g/mol. The number of nitro benzene ring substituents is 1. The van der Waals surface area contributed by atoms with E-state index in [4.69, 9.17) is 9.15 Å². The molecule has 3 rings (SSSR count). The number of rotatable bonds is 6. The molecule has 1 saturated carbocycles. The minimum atomic E-state index is -0.518. The van der Waals surface area contributed by atoms with Gasteiger partial charge in [0.1, 0.15) is 28.9 Å². The SMILES string of the molecule is COc1ccc(-c2ccc(/C=C(\C#N)C(=O)N[C@H]3CCCC[C@@H]3C)o2)c([N+](=O)[O-])c1. The van der Waals surface area contributed by atoms with Crippen LogP contribution in [0.3, 0.4) is 0 Å². The van der Waals surface area contributed by atoms with E-state index in [0.29, 0.717) is 11.7 Å². The van der Waals surface area contributed by atoms with Crippen molar-refractivity contribution >= 4 is 17.7 Å². The highest BCUT2D eigenvalue weighted by molar-refractivity contribution is 6.01. The Balaban J connectivity index is 1.83. The van der Waals surface area contributed by atoms with Crippen LogP contribution in [0, 0.1) is 27.4 Å². The number of methoxy groups -OCH3 is 1. The van der Waals surface area contributed by atoms with Gasteiger partial charge in [0.25, 0.3) is 11.6 Å². The minimum Gasteiger partial charge on any atom is -0.497 e. The number of benzene rings is 1. The van der Waals surface area contributed by atoms with Gasteiger partial charge in [0.05, 0.1) is 23.7 Å². The molecule has 1 aromatic carbocycles. The molecule has 0 aliphatic heterocycles. The molecule has 0 saturated heterocycles. The first-order chi connectivity index (χ1) is 14.4. The van der Waals surface area contributed by atoms with Crippen molar-refractivity contribution in [3.63, 3.8) is 0 Å². The molecule has 0 bridgehead atoms. The van der Waals surface area contributed by atoms with E-state index in [-0.39, 0.29) is 34.4 Å². The molecule has 0 unspecified atom stereocenters. The van der Waals surface area contributed by atoms with Crippen LogP contribution in [0.2, 0.25) is 0 Å². The van der Waals surface area contributed by atoms with E-state index >= 15 is 0 Å². The smallest absolute Gasteiger partial charge is 0.284 e. The third-order valence-electron chi connectivity index (χ3n) is 5.37. The number of carbonyl (C=O) groups excluding carboxylic acids is 1. The summed E-state index contributed by atoms with van der Waals surface area (Å²) in [5, 5.41) is 23.8. The van der Waals surface area contributed by atoms with E-state index in [1.54, 1.807) is 18.2 Å². The summed E-state index contributed by atoms with van der Waals surface area (Å²) in [6, 6.07) is 9.54. The number of furan rings is 1.